The van der Waals surface area contributed by atoms with E-state index in [1.807, 2.05) is 0 Å². The van der Waals surface area contributed by atoms with Gasteiger partial charge >= 0.3 is 5.97 Å². The normalized spacial score (nSPS) is 12.2. The molecular formula is C11H14FNO3. The third-order valence-electron chi connectivity index (χ3n) is 2.07. The Hall–Kier alpha value is -1.46. The van der Waals surface area contributed by atoms with Gasteiger partial charge in [0, 0.05) is 12.2 Å². The summed E-state index contributed by atoms with van der Waals surface area (Å²) in [7, 11) is 0. The lowest BCUT2D eigenvalue weighted by Crippen LogP contribution is -2.33. The summed E-state index contributed by atoms with van der Waals surface area (Å²) in [5, 5.41) is 8.57. The van der Waals surface area contributed by atoms with Gasteiger partial charge in [-0.1, -0.05) is 18.2 Å². The zero-order valence-corrected chi connectivity index (χ0v) is 8.73. The summed E-state index contributed by atoms with van der Waals surface area (Å²) in [5.74, 6) is -1.07. The second-order valence-electron chi connectivity index (χ2n) is 3.32. The second kappa shape index (κ2) is 6.19. The van der Waals surface area contributed by atoms with E-state index in [-0.39, 0.29) is 19.6 Å². The first kappa shape index (κ1) is 12.6. The Morgan fingerprint density at radius 2 is 2.19 bits per heavy atom. The van der Waals surface area contributed by atoms with E-state index in [1.54, 1.807) is 12.1 Å². The fourth-order valence-electron chi connectivity index (χ4n) is 1.13. The van der Waals surface area contributed by atoms with Crippen LogP contribution in [0.25, 0.3) is 0 Å². The summed E-state index contributed by atoms with van der Waals surface area (Å²) in [6.07, 6.45) is 0.135. The molecule has 3 N–H and O–H groups in total. The van der Waals surface area contributed by atoms with Crippen LogP contribution in [0.4, 0.5) is 4.39 Å². The first-order valence-electron chi connectivity index (χ1n) is 4.91. The van der Waals surface area contributed by atoms with E-state index in [0.29, 0.717) is 5.56 Å². The van der Waals surface area contributed by atoms with E-state index in [0.717, 1.165) is 0 Å². The number of nitrogens with two attached hydrogens (primary N) is 1. The van der Waals surface area contributed by atoms with Crippen LogP contribution in [0, 0.1) is 5.82 Å². The molecule has 0 aliphatic rings. The van der Waals surface area contributed by atoms with E-state index < -0.39 is 17.8 Å². The van der Waals surface area contributed by atoms with Crippen molar-refractivity contribution < 1.29 is 19.0 Å². The Labute approximate surface area is 92.8 Å². The van der Waals surface area contributed by atoms with Crippen molar-refractivity contribution in [1.29, 1.82) is 0 Å². The number of benzene rings is 1. The summed E-state index contributed by atoms with van der Waals surface area (Å²) < 4.78 is 17.9. The minimum Gasteiger partial charge on any atom is -0.460 e. The molecule has 0 spiro atoms. The van der Waals surface area contributed by atoms with Crippen LogP contribution in [0.15, 0.2) is 24.3 Å². The average molecular weight is 227 g/mol. The number of esters is 1. The third kappa shape index (κ3) is 3.60. The minimum atomic E-state index is -0.864. The molecule has 0 unspecified atom stereocenters. The summed E-state index contributed by atoms with van der Waals surface area (Å²) in [5.41, 5.74) is 5.70. The van der Waals surface area contributed by atoms with Crippen LogP contribution in [0.1, 0.15) is 12.0 Å². The topological polar surface area (TPSA) is 72.5 Å². The average Bonchev–Trinajstić information content (AvgIpc) is 2.28. The number of hydrogen-bond acceptors (Lipinski definition) is 4. The van der Waals surface area contributed by atoms with Gasteiger partial charge in [0.25, 0.3) is 0 Å². The van der Waals surface area contributed by atoms with Crippen molar-refractivity contribution in [2.75, 3.05) is 6.61 Å². The van der Waals surface area contributed by atoms with Crippen molar-refractivity contribution in [2.45, 2.75) is 19.1 Å². The van der Waals surface area contributed by atoms with Gasteiger partial charge in [0.2, 0.25) is 0 Å². The molecule has 16 heavy (non-hydrogen) atoms. The van der Waals surface area contributed by atoms with E-state index in [2.05, 4.69) is 0 Å². The maximum atomic E-state index is 13.1. The zero-order chi connectivity index (χ0) is 12.0. The highest BCUT2D eigenvalue weighted by molar-refractivity contribution is 5.75. The van der Waals surface area contributed by atoms with E-state index in [1.165, 1.54) is 12.1 Å². The molecule has 5 heteroatoms. The van der Waals surface area contributed by atoms with Gasteiger partial charge in [-0.3, -0.25) is 4.79 Å². The molecule has 1 aromatic carbocycles. The number of halogens is 1. The lowest BCUT2D eigenvalue weighted by molar-refractivity contribution is -0.147. The van der Waals surface area contributed by atoms with Crippen molar-refractivity contribution in [3.8, 4) is 0 Å². The molecule has 0 radical (unpaired) electrons. The molecule has 1 rings (SSSR count). The van der Waals surface area contributed by atoms with Crippen LogP contribution < -0.4 is 5.73 Å². The molecule has 0 aliphatic heterocycles. The second-order valence-corrected chi connectivity index (χ2v) is 3.32. The van der Waals surface area contributed by atoms with Crippen molar-refractivity contribution in [2.24, 2.45) is 5.73 Å². The Morgan fingerprint density at radius 1 is 1.50 bits per heavy atom. The number of hydrogen-bond donors (Lipinski definition) is 2. The molecule has 0 heterocycles. The summed E-state index contributed by atoms with van der Waals surface area (Å²) in [6, 6.07) is 5.16. The summed E-state index contributed by atoms with van der Waals surface area (Å²) in [4.78, 5) is 11.2. The highest BCUT2D eigenvalue weighted by Crippen LogP contribution is 2.08. The Kier molecular flexibility index (Phi) is 4.88. The van der Waals surface area contributed by atoms with Gasteiger partial charge in [0.1, 0.15) is 18.5 Å². The largest absolute Gasteiger partial charge is 0.460 e. The van der Waals surface area contributed by atoms with Gasteiger partial charge in [0.05, 0.1) is 0 Å². The van der Waals surface area contributed by atoms with Crippen LogP contribution in [0.5, 0.6) is 0 Å². The molecule has 1 atom stereocenters. The van der Waals surface area contributed by atoms with Crippen LogP contribution in [-0.4, -0.2) is 23.7 Å². The standard InChI is InChI=1S/C11H14FNO3/c12-9-4-2-1-3-8(9)7-16-11(15)10(13)5-6-14/h1-4,10,14H,5-7,13H2/t10-/m1/s1. The number of carbonyl (C=O) groups excluding carboxylic acids is 1. The van der Waals surface area contributed by atoms with Gasteiger partial charge in [-0.2, -0.15) is 0 Å². The summed E-state index contributed by atoms with van der Waals surface area (Å²) in [6.45, 7) is -0.333. The molecule has 0 fully saturated rings. The molecule has 0 aliphatic carbocycles. The van der Waals surface area contributed by atoms with Crippen LogP contribution in [0.2, 0.25) is 0 Å². The van der Waals surface area contributed by atoms with Crippen molar-refractivity contribution in [3.63, 3.8) is 0 Å². The fraction of sp³-hybridized carbons (Fsp3) is 0.364. The molecule has 0 saturated carbocycles. The quantitative estimate of drug-likeness (QED) is 0.722. The van der Waals surface area contributed by atoms with E-state index >= 15 is 0 Å². The molecule has 1 aromatic rings. The highest BCUT2D eigenvalue weighted by Gasteiger charge is 2.14. The van der Waals surface area contributed by atoms with Crippen molar-refractivity contribution in [3.05, 3.63) is 35.6 Å². The molecule has 88 valence electrons. The smallest absolute Gasteiger partial charge is 0.323 e. The molecule has 0 bridgehead atoms. The van der Waals surface area contributed by atoms with Crippen molar-refractivity contribution in [1.82, 2.24) is 0 Å². The van der Waals surface area contributed by atoms with Crippen LogP contribution >= 0.6 is 0 Å². The van der Waals surface area contributed by atoms with Gasteiger partial charge in [-0.15, -0.1) is 0 Å². The van der Waals surface area contributed by atoms with Gasteiger partial charge in [-0.25, -0.2) is 4.39 Å². The summed E-state index contributed by atoms with van der Waals surface area (Å²) >= 11 is 0. The van der Waals surface area contributed by atoms with Gasteiger partial charge < -0.3 is 15.6 Å². The SMILES string of the molecule is N[C@H](CCO)C(=O)OCc1ccccc1F. The molecule has 0 amide bonds. The number of rotatable bonds is 5. The Bertz CT molecular complexity index is 357. The lowest BCUT2D eigenvalue weighted by Gasteiger charge is -2.10. The first-order valence-corrected chi connectivity index (χ1v) is 4.91. The van der Waals surface area contributed by atoms with Crippen LogP contribution in [0.3, 0.4) is 0 Å². The molecule has 0 aromatic heterocycles. The minimum absolute atomic E-state index is 0.135. The van der Waals surface area contributed by atoms with Gasteiger partial charge in [-0.05, 0) is 12.5 Å². The third-order valence-corrected chi connectivity index (χ3v) is 2.07. The maximum Gasteiger partial charge on any atom is 0.323 e. The number of aliphatic hydroxyl groups excluding tert-OH is 1. The van der Waals surface area contributed by atoms with E-state index in [4.69, 9.17) is 15.6 Å². The molecular weight excluding hydrogens is 213 g/mol. The highest BCUT2D eigenvalue weighted by atomic mass is 19.1. The van der Waals surface area contributed by atoms with E-state index in [9.17, 15) is 9.18 Å². The zero-order valence-electron chi connectivity index (χ0n) is 8.73. The monoisotopic (exact) mass is 227 g/mol. The predicted octanol–water partition coefficient (Wildman–Crippen LogP) is 0.579. The lowest BCUT2D eigenvalue weighted by atomic mass is 10.2. The first-order chi connectivity index (χ1) is 7.65. The predicted molar refractivity (Wildman–Crippen MR) is 55.9 cm³/mol. The Morgan fingerprint density at radius 3 is 2.81 bits per heavy atom. The maximum absolute atomic E-state index is 13.1. The number of ether oxygens (including phenoxy) is 1. The van der Waals surface area contributed by atoms with Gasteiger partial charge in [0.15, 0.2) is 0 Å². The number of aliphatic hydroxyl groups is 1. The van der Waals surface area contributed by atoms with Crippen LogP contribution in [-0.2, 0) is 16.1 Å². The molecule has 0 saturated heterocycles. The van der Waals surface area contributed by atoms with Crippen molar-refractivity contribution >= 4 is 5.97 Å². The Balaban J connectivity index is 2.46. The molecule has 4 nitrogen and oxygen atoms in total. The number of carbonyl (C=O) groups is 1. The fourth-order valence-corrected chi connectivity index (χ4v) is 1.13.